The molecule has 4 aromatic rings. The highest BCUT2D eigenvalue weighted by molar-refractivity contribution is 6.35. The number of carbonyl (C=O) groups excluding carboxylic acids is 3. The molecule has 2 heterocycles. The predicted octanol–water partition coefficient (Wildman–Crippen LogP) is 2.58. The molecule has 0 aliphatic rings. The van der Waals surface area contributed by atoms with Crippen LogP contribution < -0.4 is 21.9 Å². The second-order valence-corrected chi connectivity index (χ2v) is 7.95. The zero-order chi connectivity index (χ0) is 24.2. The Morgan fingerprint density at radius 1 is 1.06 bits per heavy atom. The Morgan fingerprint density at radius 3 is 2.53 bits per heavy atom. The van der Waals surface area contributed by atoms with Crippen molar-refractivity contribution >= 4 is 45.9 Å². The van der Waals surface area contributed by atoms with Crippen molar-refractivity contribution in [1.29, 1.82) is 0 Å². The van der Waals surface area contributed by atoms with Gasteiger partial charge in [0.25, 0.3) is 11.5 Å². The maximum Gasteiger partial charge on any atom is 0.255 e. The summed E-state index contributed by atoms with van der Waals surface area (Å²) in [4.78, 5) is 52.0. The minimum Gasteiger partial charge on any atom is -0.370 e. The SMILES string of the molecule is NC(=O)C[C@H](NC(=O)c1ccc2c(Cl)c[nH]c2c1)C(=O)Nc1ccc(-n2ccccc2=O)cc1. The summed E-state index contributed by atoms with van der Waals surface area (Å²) in [6.07, 6.45) is 2.86. The number of hydrogen-bond acceptors (Lipinski definition) is 4. The summed E-state index contributed by atoms with van der Waals surface area (Å²) in [6, 6.07) is 15.0. The monoisotopic (exact) mass is 477 g/mol. The smallest absolute Gasteiger partial charge is 0.255 e. The largest absolute Gasteiger partial charge is 0.370 e. The quantitative estimate of drug-likeness (QED) is 0.325. The van der Waals surface area contributed by atoms with Crippen LogP contribution in [-0.2, 0) is 9.59 Å². The maximum atomic E-state index is 12.8. The summed E-state index contributed by atoms with van der Waals surface area (Å²) in [6.45, 7) is 0. The average molecular weight is 478 g/mol. The van der Waals surface area contributed by atoms with E-state index in [-0.39, 0.29) is 17.5 Å². The van der Waals surface area contributed by atoms with E-state index in [1.165, 1.54) is 10.6 Å². The molecular formula is C24H20ClN5O4. The van der Waals surface area contributed by atoms with Gasteiger partial charge in [-0.3, -0.25) is 23.7 Å². The second kappa shape index (κ2) is 9.63. The predicted molar refractivity (Wildman–Crippen MR) is 129 cm³/mol. The molecule has 5 N–H and O–H groups in total. The molecule has 4 rings (SSSR count). The Bertz CT molecular complexity index is 1440. The molecule has 0 fully saturated rings. The van der Waals surface area contributed by atoms with E-state index in [2.05, 4.69) is 15.6 Å². The van der Waals surface area contributed by atoms with Crippen LogP contribution in [0.3, 0.4) is 0 Å². The van der Waals surface area contributed by atoms with Crippen molar-refractivity contribution in [3.05, 3.63) is 94.0 Å². The number of anilines is 1. The number of rotatable bonds is 7. The first-order chi connectivity index (χ1) is 16.3. The van der Waals surface area contributed by atoms with Gasteiger partial charge in [0.15, 0.2) is 0 Å². The van der Waals surface area contributed by atoms with Crippen molar-refractivity contribution in [3.63, 3.8) is 0 Å². The van der Waals surface area contributed by atoms with Gasteiger partial charge in [0.2, 0.25) is 11.8 Å². The molecule has 1 atom stereocenters. The number of H-pyrrole nitrogens is 1. The highest BCUT2D eigenvalue weighted by Gasteiger charge is 2.24. The van der Waals surface area contributed by atoms with E-state index in [4.69, 9.17) is 17.3 Å². The van der Waals surface area contributed by atoms with Gasteiger partial charge < -0.3 is 21.4 Å². The van der Waals surface area contributed by atoms with E-state index in [0.29, 0.717) is 21.9 Å². The number of pyridine rings is 1. The van der Waals surface area contributed by atoms with Crippen molar-refractivity contribution in [3.8, 4) is 5.69 Å². The molecule has 2 aromatic heterocycles. The van der Waals surface area contributed by atoms with Crippen LogP contribution in [0.1, 0.15) is 16.8 Å². The minimum atomic E-state index is -1.19. The van der Waals surface area contributed by atoms with Crippen molar-refractivity contribution < 1.29 is 14.4 Å². The number of aromatic nitrogens is 2. The van der Waals surface area contributed by atoms with Crippen LogP contribution >= 0.6 is 11.6 Å². The summed E-state index contributed by atoms with van der Waals surface area (Å²) < 4.78 is 1.45. The van der Waals surface area contributed by atoms with Crippen LogP contribution in [0.2, 0.25) is 5.02 Å². The molecule has 0 saturated heterocycles. The van der Waals surface area contributed by atoms with Gasteiger partial charge in [-0.25, -0.2) is 0 Å². The molecular weight excluding hydrogens is 458 g/mol. The molecule has 3 amide bonds. The number of nitrogens with two attached hydrogens (primary N) is 1. The van der Waals surface area contributed by atoms with Crippen LogP contribution in [-0.4, -0.2) is 33.3 Å². The molecule has 0 aliphatic carbocycles. The van der Waals surface area contributed by atoms with Crippen LogP contribution in [0, 0.1) is 0 Å². The van der Waals surface area contributed by atoms with E-state index in [1.54, 1.807) is 67.0 Å². The molecule has 0 spiro atoms. The van der Waals surface area contributed by atoms with E-state index in [0.717, 1.165) is 5.39 Å². The van der Waals surface area contributed by atoms with Gasteiger partial charge in [0.1, 0.15) is 6.04 Å². The lowest BCUT2D eigenvalue weighted by Crippen LogP contribution is -2.46. The fraction of sp³-hybridized carbons (Fsp3) is 0.0833. The Balaban J connectivity index is 1.48. The van der Waals surface area contributed by atoms with Crippen molar-refractivity contribution in [1.82, 2.24) is 14.9 Å². The summed E-state index contributed by atoms with van der Waals surface area (Å²) in [5, 5.41) is 6.49. The first-order valence-electron chi connectivity index (χ1n) is 10.3. The number of halogens is 1. The number of carbonyl (C=O) groups is 3. The van der Waals surface area contributed by atoms with Gasteiger partial charge in [-0.05, 0) is 42.5 Å². The summed E-state index contributed by atoms with van der Waals surface area (Å²) in [7, 11) is 0. The zero-order valence-electron chi connectivity index (χ0n) is 17.7. The molecule has 0 radical (unpaired) electrons. The first kappa shape index (κ1) is 22.8. The van der Waals surface area contributed by atoms with Crippen LogP contribution in [0.25, 0.3) is 16.6 Å². The molecule has 172 valence electrons. The van der Waals surface area contributed by atoms with Crippen LogP contribution in [0.4, 0.5) is 5.69 Å². The van der Waals surface area contributed by atoms with Gasteiger partial charge in [-0.2, -0.15) is 0 Å². The maximum absolute atomic E-state index is 12.8. The lowest BCUT2D eigenvalue weighted by Gasteiger charge is -2.17. The number of primary amides is 1. The third kappa shape index (κ3) is 5.00. The topological polar surface area (TPSA) is 139 Å². The Hall–Kier alpha value is -4.37. The van der Waals surface area contributed by atoms with E-state index >= 15 is 0 Å². The number of nitrogens with one attached hydrogen (secondary N) is 3. The Morgan fingerprint density at radius 2 is 1.82 bits per heavy atom. The highest BCUT2D eigenvalue weighted by Crippen LogP contribution is 2.23. The van der Waals surface area contributed by atoms with Crippen molar-refractivity contribution in [2.45, 2.75) is 12.5 Å². The lowest BCUT2D eigenvalue weighted by atomic mass is 10.1. The third-order valence-corrected chi connectivity index (χ3v) is 5.47. The zero-order valence-corrected chi connectivity index (χ0v) is 18.5. The highest BCUT2D eigenvalue weighted by atomic mass is 35.5. The number of nitrogens with zero attached hydrogens (tertiary/aromatic N) is 1. The van der Waals surface area contributed by atoms with Crippen molar-refractivity contribution in [2.75, 3.05) is 5.32 Å². The molecule has 0 aliphatic heterocycles. The van der Waals surface area contributed by atoms with Crippen LogP contribution in [0.15, 0.2) is 77.9 Å². The van der Waals surface area contributed by atoms with Gasteiger partial charge in [-0.15, -0.1) is 0 Å². The average Bonchev–Trinajstić information content (AvgIpc) is 3.19. The summed E-state index contributed by atoms with van der Waals surface area (Å²) in [5.74, 6) is -1.90. The molecule has 2 aromatic carbocycles. The number of fused-ring (bicyclic) bond motifs is 1. The van der Waals surface area contributed by atoms with Gasteiger partial charge in [0.05, 0.1) is 11.4 Å². The fourth-order valence-corrected chi connectivity index (χ4v) is 3.68. The minimum absolute atomic E-state index is 0.191. The first-order valence-corrected chi connectivity index (χ1v) is 10.6. The van der Waals surface area contributed by atoms with Gasteiger partial charge in [-0.1, -0.05) is 23.7 Å². The van der Waals surface area contributed by atoms with E-state index < -0.39 is 23.8 Å². The molecule has 34 heavy (non-hydrogen) atoms. The van der Waals surface area contributed by atoms with E-state index in [9.17, 15) is 19.2 Å². The lowest BCUT2D eigenvalue weighted by molar-refractivity contribution is -0.123. The molecule has 0 unspecified atom stereocenters. The number of aromatic amines is 1. The van der Waals surface area contributed by atoms with Crippen molar-refractivity contribution in [2.24, 2.45) is 5.73 Å². The number of benzene rings is 2. The van der Waals surface area contributed by atoms with Crippen LogP contribution in [0.5, 0.6) is 0 Å². The fourth-order valence-electron chi connectivity index (χ4n) is 3.46. The second-order valence-electron chi connectivity index (χ2n) is 7.54. The third-order valence-electron chi connectivity index (χ3n) is 5.16. The molecule has 0 saturated carbocycles. The molecule has 10 heteroatoms. The van der Waals surface area contributed by atoms with E-state index in [1.807, 2.05) is 0 Å². The summed E-state index contributed by atoms with van der Waals surface area (Å²) in [5.41, 5.74) is 7.08. The standard InChI is InChI=1S/C24H20ClN5O4/c25-18-13-27-19-11-14(4-9-17(18)19)23(33)29-20(12-21(26)31)24(34)28-15-5-7-16(8-6-15)30-10-2-1-3-22(30)32/h1-11,13,20,27H,12H2,(H2,26,31)(H,28,34)(H,29,33)/t20-/m0/s1. The Labute approximate surface area is 198 Å². The van der Waals surface area contributed by atoms with Gasteiger partial charge in [0, 0.05) is 46.3 Å². The van der Waals surface area contributed by atoms with Gasteiger partial charge >= 0.3 is 0 Å². The Kier molecular flexibility index (Phi) is 6.46. The number of amides is 3. The number of hydrogen-bond donors (Lipinski definition) is 4. The molecule has 9 nitrogen and oxygen atoms in total. The normalized spacial score (nSPS) is 11.7. The summed E-state index contributed by atoms with van der Waals surface area (Å²) >= 11 is 6.06. The molecule has 0 bridgehead atoms.